The highest BCUT2D eigenvalue weighted by Crippen LogP contribution is 2.23. The fourth-order valence-electron chi connectivity index (χ4n) is 4.54. The van der Waals surface area contributed by atoms with Crippen LogP contribution < -0.4 is 11.1 Å². The Labute approximate surface area is 181 Å². The number of nitrogens with two attached hydrogens (primary N) is 1. The Bertz CT molecular complexity index is 896. The Balaban J connectivity index is 1.22. The molecule has 4 rings (SSSR count). The number of nitrogens with zero attached hydrogens (tertiary/aromatic N) is 3. The highest BCUT2D eigenvalue weighted by atomic mass is 19.1. The smallest absolute Gasteiger partial charge is 0.227 e. The summed E-state index contributed by atoms with van der Waals surface area (Å²) in [6, 6.07) is 7.90. The van der Waals surface area contributed by atoms with E-state index < -0.39 is 11.6 Å². The average Bonchev–Trinajstić information content (AvgIpc) is 3.22. The van der Waals surface area contributed by atoms with E-state index in [4.69, 9.17) is 5.73 Å². The first-order chi connectivity index (χ1) is 15.0. The fourth-order valence-corrected chi connectivity index (χ4v) is 4.54. The van der Waals surface area contributed by atoms with Gasteiger partial charge in [-0.15, -0.1) is 0 Å². The number of carbonyl (C=O) groups is 1. The van der Waals surface area contributed by atoms with Crippen LogP contribution in [0.2, 0.25) is 0 Å². The first kappa shape index (κ1) is 21.6. The van der Waals surface area contributed by atoms with E-state index in [1.165, 1.54) is 18.2 Å². The van der Waals surface area contributed by atoms with E-state index in [-0.39, 0.29) is 30.0 Å². The SMILES string of the molecule is Nc1cc(CN2CCC(C(=O)N3CCC(NCc4c(F)cccc4F)CC3)C2)ccn1. The number of anilines is 1. The second-order valence-corrected chi connectivity index (χ2v) is 8.49. The minimum atomic E-state index is -0.527. The molecule has 1 aromatic carbocycles. The van der Waals surface area contributed by atoms with E-state index in [0.29, 0.717) is 18.9 Å². The number of benzene rings is 1. The second-order valence-electron chi connectivity index (χ2n) is 8.49. The summed E-state index contributed by atoms with van der Waals surface area (Å²) < 4.78 is 27.6. The molecule has 1 amide bonds. The summed E-state index contributed by atoms with van der Waals surface area (Å²) in [5, 5.41) is 3.25. The molecule has 3 heterocycles. The van der Waals surface area contributed by atoms with E-state index in [1.807, 2.05) is 17.0 Å². The highest BCUT2D eigenvalue weighted by molar-refractivity contribution is 5.79. The zero-order valence-electron chi connectivity index (χ0n) is 17.6. The molecule has 31 heavy (non-hydrogen) atoms. The number of nitrogens with one attached hydrogen (secondary N) is 1. The van der Waals surface area contributed by atoms with Crippen LogP contribution >= 0.6 is 0 Å². The van der Waals surface area contributed by atoms with Crippen LogP contribution in [0.5, 0.6) is 0 Å². The monoisotopic (exact) mass is 429 g/mol. The van der Waals surface area contributed by atoms with Crippen LogP contribution in [-0.4, -0.2) is 52.9 Å². The summed E-state index contributed by atoms with van der Waals surface area (Å²) in [4.78, 5) is 21.2. The largest absolute Gasteiger partial charge is 0.384 e. The third-order valence-electron chi connectivity index (χ3n) is 6.31. The summed E-state index contributed by atoms with van der Waals surface area (Å²) >= 11 is 0. The quantitative estimate of drug-likeness (QED) is 0.738. The fraction of sp³-hybridized carbons (Fsp3) is 0.478. The third-order valence-corrected chi connectivity index (χ3v) is 6.31. The summed E-state index contributed by atoms with van der Waals surface area (Å²) in [5.74, 6) is -0.300. The lowest BCUT2D eigenvalue weighted by atomic mass is 10.0. The summed E-state index contributed by atoms with van der Waals surface area (Å²) in [7, 11) is 0. The number of pyridine rings is 1. The number of amides is 1. The standard InChI is InChI=1S/C23H29F2N5O/c24-20-2-1-3-21(25)19(20)13-28-18-6-10-30(11-7-18)23(31)17-5-9-29(15-17)14-16-4-8-27-22(26)12-16/h1-4,8,12,17-18,28H,5-7,9-11,13-15H2,(H2,26,27). The lowest BCUT2D eigenvalue weighted by molar-refractivity contribution is -0.136. The van der Waals surface area contributed by atoms with Gasteiger partial charge in [-0.1, -0.05) is 6.07 Å². The molecule has 2 aliphatic rings. The van der Waals surface area contributed by atoms with Gasteiger partial charge in [-0.25, -0.2) is 13.8 Å². The number of halogens is 2. The van der Waals surface area contributed by atoms with Gasteiger partial charge < -0.3 is 16.0 Å². The van der Waals surface area contributed by atoms with Crippen LogP contribution in [0.4, 0.5) is 14.6 Å². The third kappa shape index (κ3) is 5.37. The molecule has 0 spiro atoms. The molecular weight excluding hydrogens is 400 g/mol. The number of hydrogen-bond acceptors (Lipinski definition) is 5. The Kier molecular flexibility index (Phi) is 6.77. The molecule has 0 bridgehead atoms. The van der Waals surface area contributed by atoms with Crippen molar-refractivity contribution in [1.29, 1.82) is 0 Å². The molecule has 2 saturated heterocycles. The Hall–Kier alpha value is -2.58. The lowest BCUT2D eigenvalue weighted by Crippen LogP contribution is -2.47. The Morgan fingerprint density at radius 2 is 1.87 bits per heavy atom. The first-order valence-electron chi connectivity index (χ1n) is 10.9. The van der Waals surface area contributed by atoms with Gasteiger partial charge in [0.2, 0.25) is 5.91 Å². The lowest BCUT2D eigenvalue weighted by Gasteiger charge is -2.34. The molecule has 6 nitrogen and oxygen atoms in total. The number of piperidine rings is 1. The van der Waals surface area contributed by atoms with Gasteiger partial charge in [0.1, 0.15) is 17.5 Å². The molecule has 2 aromatic rings. The van der Waals surface area contributed by atoms with Gasteiger partial charge in [0.25, 0.3) is 0 Å². The number of rotatable bonds is 6. The molecule has 1 unspecified atom stereocenters. The van der Waals surface area contributed by atoms with Crippen LogP contribution in [0.1, 0.15) is 30.4 Å². The normalized spacial score (nSPS) is 20.3. The molecule has 1 atom stereocenters. The zero-order valence-corrected chi connectivity index (χ0v) is 17.6. The minimum Gasteiger partial charge on any atom is -0.384 e. The van der Waals surface area contributed by atoms with Crippen molar-refractivity contribution in [1.82, 2.24) is 20.1 Å². The van der Waals surface area contributed by atoms with Crippen molar-refractivity contribution in [3.63, 3.8) is 0 Å². The summed E-state index contributed by atoms with van der Waals surface area (Å²) in [5.41, 5.74) is 6.94. The van der Waals surface area contributed by atoms with E-state index >= 15 is 0 Å². The van der Waals surface area contributed by atoms with Crippen LogP contribution in [0, 0.1) is 17.6 Å². The number of likely N-dealkylation sites (tertiary alicyclic amines) is 2. The molecule has 1 aromatic heterocycles. The maximum absolute atomic E-state index is 13.8. The number of nitrogen functional groups attached to an aromatic ring is 1. The van der Waals surface area contributed by atoms with Crippen LogP contribution in [0.15, 0.2) is 36.5 Å². The summed E-state index contributed by atoms with van der Waals surface area (Å²) in [6.07, 6.45) is 4.15. The predicted molar refractivity (Wildman–Crippen MR) is 115 cm³/mol. The average molecular weight is 430 g/mol. The van der Waals surface area contributed by atoms with Gasteiger partial charge in [0.15, 0.2) is 0 Å². The van der Waals surface area contributed by atoms with Crippen LogP contribution in [-0.2, 0) is 17.9 Å². The number of aromatic nitrogens is 1. The van der Waals surface area contributed by atoms with Crippen molar-refractivity contribution in [3.05, 3.63) is 59.3 Å². The van der Waals surface area contributed by atoms with Gasteiger partial charge >= 0.3 is 0 Å². The van der Waals surface area contributed by atoms with Gasteiger partial charge in [-0.3, -0.25) is 9.69 Å². The van der Waals surface area contributed by atoms with Crippen molar-refractivity contribution in [2.45, 2.75) is 38.4 Å². The van der Waals surface area contributed by atoms with Crippen molar-refractivity contribution in [2.75, 3.05) is 31.9 Å². The van der Waals surface area contributed by atoms with Crippen molar-refractivity contribution in [3.8, 4) is 0 Å². The van der Waals surface area contributed by atoms with Gasteiger partial charge in [0.05, 0.1) is 5.92 Å². The number of hydrogen-bond donors (Lipinski definition) is 2. The van der Waals surface area contributed by atoms with Crippen molar-refractivity contribution in [2.24, 2.45) is 5.92 Å². The molecule has 0 radical (unpaired) electrons. The molecular formula is C23H29F2N5O. The van der Waals surface area contributed by atoms with Gasteiger partial charge in [-0.05, 0) is 55.6 Å². The summed E-state index contributed by atoms with van der Waals surface area (Å²) in [6.45, 7) is 3.93. The molecule has 3 N–H and O–H groups in total. The molecule has 8 heteroatoms. The second kappa shape index (κ2) is 9.70. The topological polar surface area (TPSA) is 74.5 Å². The maximum atomic E-state index is 13.8. The van der Waals surface area contributed by atoms with E-state index in [1.54, 1.807) is 6.20 Å². The molecule has 166 valence electrons. The van der Waals surface area contributed by atoms with Crippen molar-refractivity contribution < 1.29 is 13.6 Å². The number of carbonyl (C=O) groups excluding carboxylic acids is 1. The maximum Gasteiger partial charge on any atom is 0.227 e. The zero-order chi connectivity index (χ0) is 21.8. The molecule has 2 fully saturated rings. The van der Waals surface area contributed by atoms with Gasteiger partial charge in [-0.2, -0.15) is 0 Å². The first-order valence-corrected chi connectivity index (χ1v) is 10.9. The predicted octanol–water partition coefficient (Wildman–Crippen LogP) is 2.54. The van der Waals surface area contributed by atoms with Gasteiger partial charge in [0, 0.05) is 50.5 Å². The minimum absolute atomic E-state index is 0.0243. The van der Waals surface area contributed by atoms with Crippen LogP contribution in [0.3, 0.4) is 0 Å². The van der Waals surface area contributed by atoms with E-state index in [9.17, 15) is 13.6 Å². The van der Waals surface area contributed by atoms with Crippen LogP contribution in [0.25, 0.3) is 0 Å². The van der Waals surface area contributed by atoms with E-state index in [0.717, 1.165) is 44.5 Å². The Morgan fingerprint density at radius 3 is 2.58 bits per heavy atom. The van der Waals surface area contributed by atoms with E-state index in [2.05, 4.69) is 15.2 Å². The molecule has 2 aliphatic heterocycles. The highest BCUT2D eigenvalue weighted by Gasteiger charge is 2.33. The van der Waals surface area contributed by atoms with Crippen molar-refractivity contribution >= 4 is 11.7 Å². The molecule has 0 aliphatic carbocycles. The molecule has 0 saturated carbocycles. The Morgan fingerprint density at radius 1 is 1.13 bits per heavy atom.